The number of amides is 3. The molecule has 1 unspecified atom stereocenters. The van der Waals surface area contributed by atoms with Gasteiger partial charge in [-0.15, -0.1) is 0 Å². The number of carbonyl (C=O) groups is 3. The molecule has 0 aliphatic carbocycles. The zero-order valence-electron chi connectivity index (χ0n) is 25.3. The molecule has 1 aromatic heterocycles. The molecule has 0 aliphatic rings. The quantitative estimate of drug-likeness (QED) is 0.142. The van der Waals surface area contributed by atoms with Crippen molar-refractivity contribution in [2.24, 2.45) is 5.92 Å². The van der Waals surface area contributed by atoms with Crippen molar-refractivity contribution in [3.63, 3.8) is 0 Å². The average molecular weight is 643 g/mol. The number of benzene rings is 2. The monoisotopic (exact) mass is 642 g/mol. The molecule has 1 heterocycles. The Morgan fingerprint density at radius 1 is 0.911 bits per heavy atom. The van der Waals surface area contributed by atoms with Gasteiger partial charge in [0.15, 0.2) is 0 Å². The van der Waals surface area contributed by atoms with Gasteiger partial charge in [-0.25, -0.2) is 8.78 Å². The Morgan fingerprint density at radius 2 is 1.62 bits per heavy atom. The summed E-state index contributed by atoms with van der Waals surface area (Å²) in [5.74, 6) is -3.63. The molecule has 3 amide bonds. The van der Waals surface area contributed by atoms with E-state index >= 15 is 0 Å². The molecule has 0 saturated heterocycles. The summed E-state index contributed by atoms with van der Waals surface area (Å²) in [5.41, 5.74) is 1.19. The van der Waals surface area contributed by atoms with Crippen LogP contribution in [0, 0.1) is 17.6 Å². The third kappa shape index (κ3) is 11.5. The number of aliphatic hydroxyl groups is 2. The lowest BCUT2D eigenvalue weighted by molar-refractivity contribution is -0.132. The van der Waals surface area contributed by atoms with Crippen LogP contribution in [0.4, 0.5) is 8.78 Å². The highest BCUT2D eigenvalue weighted by atomic mass is 32.2. The molecule has 5 atom stereocenters. The van der Waals surface area contributed by atoms with Crippen LogP contribution in [0.25, 0.3) is 0 Å². The smallest absolute Gasteiger partial charge is 0.253 e. The number of hydrogen-bond donors (Lipinski definition) is 5. The highest BCUT2D eigenvalue weighted by molar-refractivity contribution is 7.99. The van der Waals surface area contributed by atoms with E-state index in [1.54, 1.807) is 12.1 Å². The first-order valence-electron chi connectivity index (χ1n) is 14.8. The number of carbonyl (C=O) groups excluding carboxylic acids is 3. The number of nitrogens with zero attached hydrogens (tertiary/aromatic N) is 1. The molecule has 0 aliphatic heterocycles. The number of aromatic nitrogens is 1. The maximum Gasteiger partial charge on any atom is 0.253 e. The van der Waals surface area contributed by atoms with Gasteiger partial charge in [-0.3, -0.25) is 19.4 Å². The zero-order chi connectivity index (χ0) is 32.8. The molecule has 0 radical (unpaired) electrons. The third-order valence-corrected chi connectivity index (χ3v) is 8.32. The van der Waals surface area contributed by atoms with Crippen molar-refractivity contribution >= 4 is 29.5 Å². The van der Waals surface area contributed by atoms with Crippen LogP contribution in [0.5, 0.6) is 0 Å². The first-order valence-corrected chi connectivity index (χ1v) is 16.0. The van der Waals surface area contributed by atoms with Crippen LogP contribution in [0.1, 0.15) is 48.2 Å². The van der Waals surface area contributed by atoms with Gasteiger partial charge in [0.2, 0.25) is 11.8 Å². The van der Waals surface area contributed by atoms with Gasteiger partial charge in [-0.05, 0) is 54.0 Å². The fraction of sp³-hybridized carbons (Fsp3) is 0.394. The third-order valence-electron chi connectivity index (χ3n) is 7.18. The second-order valence-corrected chi connectivity index (χ2v) is 11.9. The van der Waals surface area contributed by atoms with Gasteiger partial charge in [-0.1, -0.05) is 50.6 Å². The van der Waals surface area contributed by atoms with Crippen molar-refractivity contribution in [2.75, 3.05) is 11.5 Å². The van der Waals surface area contributed by atoms with Gasteiger partial charge in [0.1, 0.15) is 23.8 Å². The maximum absolute atomic E-state index is 14.0. The minimum Gasteiger partial charge on any atom is -0.390 e. The van der Waals surface area contributed by atoms with Gasteiger partial charge in [0.05, 0.1) is 23.6 Å². The summed E-state index contributed by atoms with van der Waals surface area (Å²) in [5, 5.41) is 30.4. The Kier molecular flexibility index (Phi) is 14.4. The summed E-state index contributed by atoms with van der Waals surface area (Å²) >= 11 is 1.46. The summed E-state index contributed by atoms with van der Waals surface area (Å²) in [6, 6.07) is 12.7. The number of aliphatic hydroxyl groups excluding tert-OH is 2. The molecule has 0 spiro atoms. The van der Waals surface area contributed by atoms with Crippen LogP contribution < -0.4 is 16.0 Å². The fourth-order valence-corrected chi connectivity index (χ4v) is 5.66. The number of thioether (sulfide) groups is 1. The molecule has 0 bridgehead atoms. The average Bonchev–Trinajstić information content (AvgIpc) is 3.03. The molecule has 45 heavy (non-hydrogen) atoms. The van der Waals surface area contributed by atoms with Gasteiger partial charge in [0, 0.05) is 30.8 Å². The molecule has 9 nitrogen and oxygen atoms in total. The Balaban J connectivity index is 1.80. The van der Waals surface area contributed by atoms with E-state index in [1.807, 2.05) is 37.3 Å². The molecule has 3 rings (SSSR count). The number of nitrogens with one attached hydrogen (secondary N) is 3. The first-order chi connectivity index (χ1) is 21.6. The Morgan fingerprint density at radius 3 is 2.27 bits per heavy atom. The predicted octanol–water partition coefficient (Wildman–Crippen LogP) is 3.39. The van der Waals surface area contributed by atoms with E-state index in [-0.39, 0.29) is 29.8 Å². The molecular formula is C33H40F2N4O5S. The van der Waals surface area contributed by atoms with Crippen LogP contribution in [0.3, 0.4) is 0 Å². The number of halogens is 2. The van der Waals surface area contributed by atoms with E-state index < -0.39 is 59.6 Å². The summed E-state index contributed by atoms with van der Waals surface area (Å²) in [6.07, 6.45) is 1.06. The Labute approximate surface area is 266 Å². The minimum absolute atomic E-state index is 0.110. The maximum atomic E-state index is 14.0. The molecule has 0 saturated carbocycles. The summed E-state index contributed by atoms with van der Waals surface area (Å²) in [7, 11) is 0. The minimum atomic E-state index is -1.72. The zero-order valence-corrected chi connectivity index (χ0v) is 26.1. The van der Waals surface area contributed by atoms with E-state index in [4.69, 9.17) is 0 Å². The van der Waals surface area contributed by atoms with E-state index in [9.17, 15) is 33.4 Å². The second-order valence-electron chi connectivity index (χ2n) is 10.8. The lowest BCUT2D eigenvalue weighted by atomic mass is 9.90. The standard InChI is InChI=1S/C33H40F2N4O5S/c1-3-4-13-45-20-28(39-32(43)24-11-8-12-36-19-24)33(44)38-27(16-23-14-25(34)17-26(35)15-23)30(41)29(40)21(2)31(42)37-18-22-9-6-5-7-10-22/h5-12,14-15,17,19,21,27-30,40-41H,3-4,13,16,18,20H2,1-2H3,(H,37,42)(H,38,44)(H,39,43)/t21-,27+,28?,29-,30-/m1/s1. The lowest BCUT2D eigenvalue weighted by Crippen LogP contribution is -2.57. The number of rotatable bonds is 17. The predicted molar refractivity (Wildman–Crippen MR) is 169 cm³/mol. The largest absolute Gasteiger partial charge is 0.390 e. The van der Waals surface area contributed by atoms with Crippen LogP contribution >= 0.6 is 11.8 Å². The van der Waals surface area contributed by atoms with E-state index in [0.717, 1.165) is 36.3 Å². The SMILES string of the molecule is CCCCSCC(NC(=O)c1cccnc1)C(=O)N[C@@H](Cc1cc(F)cc(F)c1)[C@@H](O)[C@H](O)[C@@H](C)C(=O)NCc1ccccc1. The highest BCUT2D eigenvalue weighted by Crippen LogP contribution is 2.18. The van der Waals surface area contributed by atoms with E-state index in [2.05, 4.69) is 20.9 Å². The summed E-state index contributed by atoms with van der Waals surface area (Å²) in [6.45, 7) is 3.66. The van der Waals surface area contributed by atoms with Gasteiger partial charge >= 0.3 is 0 Å². The number of hydrogen-bond acceptors (Lipinski definition) is 7. The van der Waals surface area contributed by atoms with Crippen molar-refractivity contribution in [3.8, 4) is 0 Å². The second kappa shape index (κ2) is 18.2. The van der Waals surface area contributed by atoms with Crippen molar-refractivity contribution < 1.29 is 33.4 Å². The van der Waals surface area contributed by atoms with E-state index in [0.29, 0.717) is 6.07 Å². The van der Waals surface area contributed by atoms with Crippen molar-refractivity contribution in [2.45, 2.75) is 63.9 Å². The molecule has 242 valence electrons. The highest BCUT2D eigenvalue weighted by Gasteiger charge is 2.36. The van der Waals surface area contributed by atoms with Crippen LogP contribution in [-0.4, -0.2) is 68.7 Å². The van der Waals surface area contributed by atoms with Gasteiger partial charge < -0.3 is 26.2 Å². The topological polar surface area (TPSA) is 141 Å². The van der Waals surface area contributed by atoms with Crippen molar-refractivity contribution in [1.82, 2.24) is 20.9 Å². The van der Waals surface area contributed by atoms with E-state index in [1.165, 1.54) is 31.1 Å². The summed E-state index contributed by atoms with van der Waals surface area (Å²) in [4.78, 5) is 43.3. The molecule has 12 heteroatoms. The number of unbranched alkanes of at least 4 members (excludes halogenated alkanes) is 1. The first kappa shape index (κ1) is 35.6. The van der Waals surface area contributed by atoms with Crippen molar-refractivity contribution in [1.29, 1.82) is 0 Å². The molecular weight excluding hydrogens is 602 g/mol. The lowest BCUT2D eigenvalue weighted by Gasteiger charge is -2.32. The fourth-order valence-electron chi connectivity index (χ4n) is 4.53. The number of pyridine rings is 1. The molecule has 0 fully saturated rings. The Bertz CT molecular complexity index is 1370. The van der Waals surface area contributed by atoms with Gasteiger partial charge in [-0.2, -0.15) is 11.8 Å². The molecule has 5 N–H and O–H groups in total. The van der Waals surface area contributed by atoms with Crippen LogP contribution in [0.2, 0.25) is 0 Å². The van der Waals surface area contributed by atoms with Crippen LogP contribution in [-0.2, 0) is 22.6 Å². The molecule has 2 aromatic carbocycles. The Hall–Kier alpha value is -3.87. The van der Waals surface area contributed by atoms with Gasteiger partial charge in [0.25, 0.3) is 5.91 Å². The normalized spacial score (nSPS) is 14.4. The molecule has 3 aromatic rings. The van der Waals surface area contributed by atoms with Crippen molar-refractivity contribution in [3.05, 3.63) is 101 Å². The summed E-state index contributed by atoms with van der Waals surface area (Å²) < 4.78 is 28.1. The van der Waals surface area contributed by atoms with Crippen LogP contribution in [0.15, 0.2) is 73.1 Å².